The molecular formula is C31H46N4O8S. The predicted octanol–water partition coefficient (Wildman–Crippen LogP) is 2.42. The zero-order valence-electron chi connectivity index (χ0n) is 26.4. The Morgan fingerprint density at radius 1 is 1.05 bits per heavy atom. The number of carboxylic acids is 2. The molecule has 0 aliphatic carbocycles. The van der Waals surface area contributed by atoms with Gasteiger partial charge < -0.3 is 30.9 Å². The number of thioether (sulfide) groups is 1. The summed E-state index contributed by atoms with van der Waals surface area (Å²) in [6.45, 7) is 15.8. The molecule has 0 aromatic heterocycles. The molecule has 2 aliphatic heterocycles. The molecule has 1 fully saturated rings. The van der Waals surface area contributed by atoms with Gasteiger partial charge in [0.15, 0.2) is 0 Å². The summed E-state index contributed by atoms with van der Waals surface area (Å²) in [6.07, 6.45) is 0.0667. The monoisotopic (exact) mass is 634 g/mol. The molecule has 3 rings (SSSR count). The van der Waals surface area contributed by atoms with E-state index in [4.69, 9.17) is 0 Å². The summed E-state index contributed by atoms with van der Waals surface area (Å²) < 4.78 is 0. The Morgan fingerprint density at radius 3 is 2.09 bits per heavy atom. The van der Waals surface area contributed by atoms with Crippen molar-refractivity contribution in [3.8, 4) is 0 Å². The molecule has 13 heteroatoms. The normalized spacial score (nSPS) is 18.5. The lowest BCUT2D eigenvalue weighted by Gasteiger charge is -2.49. The topological polar surface area (TPSA) is 177 Å². The van der Waals surface area contributed by atoms with E-state index in [2.05, 4.69) is 36.3 Å². The van der Waals surface area contributed by atoms with Crippen LogP contribution in [-0.4, -0.2) is 104 Å². The first-order valence-corrected chi connectivity index (χ1v) is 15.9. The minimum absolute atomic E-state index is 0.00322. The molecule has 0 radical (unpaired) electrons. The number of amides is 3. The number of nitrogens with zero attached hydrogens (tertiary/aromatic N) is 2. The van der Waals surface area contributed by atoms with Gasteiger partial charge in [0.05, 0.1) is 6.61 Å². The third-order valence-corrected chi connectivity index (χ3v) is 8.95. The predicted molar refractivity (Wildman–Crippen MR) is 168 cm³/mol. The molecule has 2 unspecified atom stereocenters. The van der Waals surface area contributed by atoms with E-state index in [1.54, 1.807) is 12.1 Å². The van der Waals surface area contributed by atoms with Crippen LogP contribution in [0.4, 0.5) is 0 Å². The van der Waals surface area contributed by atoms with Gasteiger partial charge >= 0.3 is 11.9 Å². The fourth-order valence-corrected chi connectivity index (χ4v) is 6.14. The molecule has 1 aromatic carbocycles. The number of benzene rings is 1. The number of aliphatic carboxylic acids is 2. The highest BCUT2D eigenvalue weighted by atomic mass is 32.2. The maximum Gasteiger partial charge on any atom is 0.352 e. The zero-order valence-corrected chi connectivity index (χ0v) is 27.2. The average molecular weight is 635 g/mol. The molecule has 1 aromatic rings. The fraction of sp³-hybridized carbons (Fsp3) is 0.581. The van der Waals surface area contributed by atoms with E-state index in [9.17, 15) is 39.3 Å². The molecule has 1 saturated heterocycles. The van der Waals surface area contributed by atoms with Crippen molar-refractivity contribution < 1.29 is 39.3 Å². The molecule has 5 N–H and O–H groups in total. The number of nitrogens with one attached hydrogen (secondary N) is 2. The van der Waals surface area contributed by atoms with E-state index in [1.807, 2.05) is 32.9 Å². The maximum atomic E-state index is 12.5. The summed E-state index contributed by atoms with van der Waals surface area (Å²) in [6, 6.07) is 4.82. The number of rotatable bonds is 13. The molecule has 3 amide bonds. The van der Waals surface area contributed by atoms with Gasteiger partial charge in [-0.2, -0.15) is 0 Å². The molecule has 0 saturated carbocycles. The second kappa shape index (κ2) is 16.6. The van der Waals surface area contributed by atoms with E-state index in [0.717, 1.165) is 10.5 Å². The van der Waals surface area contributed by atoms with Gasteiger partial charge in [-0.1, -0.05) is 53.7 Å². The molecule has 2 heterocycles. The first-order chi connectivity index (χ1) is 20.7. The summed E-state index contributed by atoms with van der Waals surface area (Å²) in [7, 11) is 0. The first kappa shape index (κ1) is 36.8. The van der Waals surface area contributed by atoms with Crippen molar-refractivity contribution in [2.24, 2.45) is 0 Å². The van der Waals surface area contributed by atoms with Crippen LogP contribution >= 0.6 is 11.8 Å². The lowest BCUT2D eigenvalue weighted by molar-refractivity contribution is -0.150. The van der Waals surface area contributed by atoms with Gasteiger partial charge in [-0.05, 0) is 61.2 Å². The zero-order chi connectivity index (χ0) is 33.2. The van der Waals surface area contributed by atoms with E-state index in [-0.39, 0.29) is 41.7 Å². The fourth-order valence-electron chi connectivity index (χ4n) is 4.81. The lowest BCUT2D eigenvalue weighted by atomic mass is 9.86. The van der Waals surface area contributed by atoms with E-state index >= 15 is 0 Å². The molecule has 3 atom stereocenters. The number of aliphatic hydroxyl groups is 1. The smallest absolute Gasteiger partial charge is 0.352 e. The molecular weight excluding hydrogens is 588 g/mol. The second-order valence-corrected chi connectivity index (χ2v) is 12.7. The van der Waals surface area contributed by atoms with Crippen LogP contribution in [0.3, 0.4) is 0 Å². The van der Waals surface area contributed by atoms with Gasteiger partial charge in [-0.15, -0.1) is 11.8 Å². The summed E-state index contributed by atoms with van der Waals surface area (Å²) in [5, 5.41) is 32.8. The van der Waals surface area contributed by atoms with Crippen molar-refractivity contribution in [3.05, 3.63) is 46.7 Å². The van der Waals surface area contributed by atoms with Gasteiger partial charge in [0.1, 0.15) is 23.2 Å². The van der Waals surface area contributed by atoms with Crippen LogP contribution in [0.5, 0.6) is 0 Å². The summed E-state index contributed by atoms with van der Waals surface area (Å²) in [4.78, 5) is 64.1. The molecule has 12 nitrogen and oxygen atoms in total. The highest BCUT2D eigenvalue weighted by molar-refractivity contribution is 8.00. The number of carboxylic acid groups (broad SMARTS) is 2. The Kier molecular flexibility index (Phi) is 13.9. The van der Waals surface area contributed by atoms with Crippen molar-refractivity contribution in [1.29, 1.82) is 0 Å². The third kappa shape index (κ3) is 9.54. The summed E-state index contributed by atoms with van der Waals surface area (Å²) in [5.74, 6) is -3.92. The van der Waals surface area contributed by atoms with Gasteiger partial charge in [-0.25, -0.2) is 9.59 Å². The Bertz CT molecular complexity index is 1220. The van der Waals surface area contributed by atoms with Crippen molar-refractivity contribution in [2.75, 3.05) is 32.0 Å². The van der Waals surface area contributed by atoms with Crippen molar-refractivity contribution in [2.45, 2.75) is 83.7 Å². The van der Waals surface area contributed by atoms with Gasteiger partial charge in [-0.3, -0.25) is 19.3 Å². The van der Waals surface area contributed by atoms with Crippen LogP contribution in [0.1, 0.15) is 76.7 Å². The highest BCUT2D eigenvalue weighted by Crippen LogP contribution is 2.40. The minimum Gasteiger partial charge on any atom is -0.480 e. The van der Waals surface area contributed by atoms with E-state index in [1.165, 1.54) is 31.4 Å². The Labute approximate surface area is 263 Å². The van der Waals surface area contributed by atoms with Crippen LogP contribution < -0.4 is 10.6 Å². The third-order valence-electron chi connectivity index (χ3n) is 7.61. The van der Waals surface area contributed by atoms with Gasteiger partial charge in [0, 0.05) is 17.7 Å². The molecule has 2 aliphatic rings. The Hall–Kier alpha value is -3.42. The van der Waals surface area contributed by atoms with Crippen LogP contribution in [0, 0.1) is 0 Å². The second-order valence-electron chi connectivity index (χ2n) is 11.6. The van der Waals surface area contributed by atoms with Crippen LogP contribution in [0.15, 0.2) is 35.5 Å². The van der Waals surface area contributed by atoms with E-state index < -0.39 is 53.7 Å². The number of hydrogen-bond donors (Lipinski definition) is 5. The largest absolute Gasteiger partial charge is 0.480 e. The standard InChI is InChI=1S/C25H31N3O8S.C6H15N/c1-25(2,3)15-9-7-13(8-10-15)20(31)26-16(23(33)34)5-4-6-17(30)27-18-21(32)28-19(24(35)36)14(11-29)12-37-22(18)28;1-4-7(5-2)6-3/h7-10,16,18,22,29H,4-6,11-12H2,1-3H3,(H,26,31)(H,27,30)(H,33,34)(H,35,36);4-6H2,1-3H3/t16?,18?,22-;/m1./s1. The first-order valence-electron chi connectivity index (χ1n) is 14.9. The van der Waals surface area contributed by atoms with Crippen molar-refractivity contribution >= 4 is 41.4 Å². The van der Waals surface area contributed by atoms with Crippen molar-refractivity contribution in [3.63, 3.8) is 0 Å². The number of β-lactam (4-membered cyclic amide) rings is 1. The van der Waals surface area contributed by atoms with Crippen molar-refractivity contribution in [1.82, 2.24) is 20.4 Å². The summed E-state index contributed by atoms with van der Waals surface area (Å²) in [5.41, 5.74) is 1.26. The summed E-state index contributed by atoms with van der Waals surface area (Å²) >= 11 is 1.24. The number of carbonyl (C=O) groups excluding carboxylic acids is 3. The SMILES string of the molecule is CC(C)(C)c1ccc(C(=O)NC(CCCC(=O)NC2C(=O)N3C(C(=O)O)=C(CO)CS[C@H]23)C(=O)O)cc1.CCN(CC)CC. The lowest BCUT2D eigenvalue weighted by Crippen LogP contribution is -2.70. The minimum atomic E-state index is -1.32. The van der Waals surface area contributed by atoms with Gasteiger partial charge in [0.2, 0.25) is 5.91 Å². The van der Waals surface area contributed by atoms with Gasteiger partial charge in [0.25, 0.3) is 11.8 Å². The molecule has 44 heavy (non-hydrogen) atoms. The molecule has 0 bridgehead atoms. The quantitative estimate of drug-likeness (QED) is 0.203. The number of carbonyl (C=O) groups is 5. The Morgan fingerprint density at radius 2 is 1.64 bits per heavy atom. The molecule has 0 spiro atoms. The number of fused-ring (bicyclic) bond motifs is 1. The van der Waals surface area contributed by atoms with E-state index in [0.29, 0.717) is 5.56 Å². The maximum absolute atomic E-state index is 12.5. The van der Waals surface area contributed by atoms with Crippen LogP contribution in [0.25, 0.3) is 0 Å². The highest BCUT2D eigenvalue weighted by Gasteiger charge is 2.54. The average Bonchev–Trinajstić information content (AvgIpc) is 2.99. The van der Waals surface area contributed by atoms with Crippen LogP contribution in [0.2, 0.25) is 0 Å². The number of aliphatic hydroxyl groups excluding tert-OH is 1. The number of hydrogen-bond acceptors (Lipinski definition) is 8. The molecule has 244 valence electrons. The Balaban J connectivity index is 0.000000860. The van der Waals surface area contributed by atoms with Crippen LogP contribution in [-0.2, 0) is 24.6 Å².